The van der Waals surface area contributed by atoms with Crippen LogP contribution < -0.4 is 16.0 Å². The molecule has 0 spiro atoms. The Morgan fingerprint density at radius 3 is 2.53 bits per heavy atom. The van der Waals surface area contributed by atoms with E-state index in [9.17, 15) is 9.18 Å². The van der Waals surface area contributed by atoms with Crippen LogP contribution in [0.4, 0.5) is 21.7 Å². The van der Waals surface area contributed by atoms with Crippen LogP contribution in [0.3, 0.4) is 0 Å². The number of nitrogen functional groups attached to an aromatic ring is 1. The van der Waals surface area contributed by atoms with E-state index in [-0.39, 0.29) is 30.0 Å². The lowest BCUT2D eigenvalue weighted by Gasteiger charge is -2.36. The lowest BCUT2D eigenvalue weighted by atomic mass is 10.1. The number of amides is 1. The Bertz CT molecular complexity index is 1370. The maximum atomic E-state index is 14.1. The van der Waals surface area contributed by atoms with E-state index in [1.165, 1.54) is 10.7 Å². The first-order chi connectivity index (χ1) is 17.4. The average molecular weight is 491 g/mol. The van der Waals surface area contributed by atoms with Crippen LogP contribution in [0.15, 0.2) is 53.1 Å². The SMILES string of the molecule is CNc1nn(CC(=O)N2CCN(c3ccccc3F)CC2)c(N)c1-c1nc(-c2ccc(C)cc2)no1. The minimum Gasteiger partial charge on any atom is -0.383 e. The number of nitrogens with one attached hydrogen (secondary N) is 1. The zero-order valence-electron chi connectivity index (χ0n) is 20.1. The van der Waals surface area contributed by atoms with Gasteiger partial charge in [0.25, 0.3) is 5.89 Å². The van der Waals surface area contributed by atoms with Crippen LogP contribution in [0.1, 0.15) is 5.56 Å². The van der Waals surface area contributed by atoms with Crippen molar-refractivity contribution in [2.75, 3.05) is 49.2 Å². The number of hydrogen-bond donors (Lipinski definition) is 2. The van der Waals surface area contributed by atoms with Gasteiger partial charge < -0.3 is 25.4 Å². The lowest BCUT2D eigenvalue weighted by Crippen LogP contribution is -2.50. The summed E-state index contributed by atoms with van der Waals surface area (Å²) in [5.41, 5.74) is 9.32. The molecule has 1 aliphatic rings. The van der Waals surface area contributed by atoms with Crippen LogP contribution in [0.5, 0.6) is 0 Å². The number of aromatic nitrogens is 4. The fourth-order valence-electron chi connectivity index (χ4n) is 4.26. The van der Waals surface area contributed by atoms with E-state index in [1.54, 1.807) is 30.1 Å². The Balaban J connectivity index is 1.30. The van der Waals surface area contributed by atoms with Crippen molar-refractivity contribution in [3.8, 4) is 22.8 Å². The minimum atomic E-state index is -0.264. The Kier molecular flexibility index (Phi) is 6.28. The summed E-state index contributed by atoms with van der Waals surface area (Å²) in [4.78, 5) is 21.2. The summed E-state index contributed by atoms with van der Waals surface area (Å²) in [6, 6.07) is 14.4. The Morgan fingerprint density at radius 2 is 1.83 bits per heavy atom. The van der Waals surface area contributed by atoms with E-state index >= 15 is 0 Å². The molecule has 186 valence electrons. The van der Waals surface area contributed by atoms with E-state index in [1.807, 2.05) is 36.1 Å². The van der Waals surface area contributed by atoms with Gasteiger partial charge in [-0.3, -0.25) is 4.79 Å². The summed E-state index contributed by atoms with van der Waals surface area (Å²) in [7, 11) is 1.70. The molecule has 1 fully saturated rings. The van der Waals surface area contributed by atoms with Crippen LogP contribution in [0.2, 0.25) is 0 Å². The molecule has 4 aromatic rings. The van der Waals surface area contributed by atoms with Crippen LogP contribution in [-0.4, -0.2) is 64.0 Å². The Morgan fingerprint density at radius 1 is 1.11 bits per heavy atom. The van der Waals surface area contributed by atoms with Crippen molar-refractivity contribution in [1.29, 1.82) is 0 Å². The molecule has 3 N–H and O–H groups in total. The van der Waals surface area contributed by atoms with Gasteiger partial charge in [0.2, 0.25) is 11.7 Å². The van der Waals surface area contributed by atoms with Crippen LogP contribution in [-0.2, 0) is 11.3 Å². The predicted molar refractivity (Wildman–Crippen MR) is 135 cm³/mol. The van der Waals surface area contributed by atoms with Crippen molar-refractivity contribution in [1.82, 2.24) is 24.8 Å². The Labute approximate surface area is 207 Å². The number of aryl methyl sites for hydroxylation is 1. The van der Waals surface area contributed by atoms with Crippen molar-refractivity contribution in [2.24, 2.45) is 0 Å². The molecule has 11 heteroatoms. The van der Waals surface area contributed by atoms with Gasteiger partial charge in [-0.15, -0.1) is 0 Å². The molecule has 10 nitrogen and oxygen atoms in total. The quantitative estimate of drug-likeness (QED) is 0.424. The first-order valence-electron chi connectivity index (χ1n) is 11.7. The summed E-state index contributed by atoms with van der Waals surface area (Å²) in [5.74, 6) is 0.936. The number of nitrogens with zero attached hydrogens (tertiary/aromatic N) is 6. The molecule has 3 heterocycles. The summed E-state index contributed by atoms with van der Waals surface area (Å²) in [5, 5.41) is 11.5. The monoisotopic (exact) mass is 490 g/mol. The van der Waals surface area contributed by atoms with E-state index < -0.39 is 0 Å². The summed E-state index contributed by atoms with van der Waals surface area (Å²) < 4.78 is 21.0. The fraction of sp³-hybridized carbons (Fsp3) is 0.280. The molecule has 1 aliphatic heterocycles. The van der Waals surface area contributed by atoms with Crippen LogP contribution in [0, 0.1) is 12.7 Å². The molecule has 1 amide bonds. The number of para-hydroxylation sites is 1. The molecule has 0 unspecified atom stereocenters. The topological polar surface area (TPSA) is 118 Å². The third-order valence-electron chi connectivity index (χ3n) is 6.29. The molecule has 2 aromatic heterocycles. The number of piperazine rings is 1. The molecule has 2 aromatic carbocycles. The van der Waals surface area contributed by atoms with E-state index in [0.717, 1.165) is 11.1 Å². The Hall–Kier alpha value is -4.41. The van der Waals surface area contributed by atoms with Gasteiger partial charge in [0.15, 0.2) is 5.82 Å². The van der Waals surface area contributed by atoms with Crippen molar-refractivity contribution in [2.45, 2.75) is 13.5 Å². The highest BCUT2D eigenvalue weighted by Crippen LogP contribution is 2.33. The molecule has 0 radical (unpaired) electrons. The van der Waals surface area contributed by atoms with Crippen molar-refractivity contribution < 1.29 is 13.7 Å². The van der Waals surface area contributed by atoms with Gasteiger partial charge >= 0.3 is 0 Å². The van der Waals surface area contributed by atoms with Crippen molar-refractivity contribution in [3.05, 3.63) is 59.9 Å². The molecule has 1 saturated heterocycles. The van der Waals surface area contributed by atoms with Gasteiger partial charge in [-0.05, 0) is 19.1 Å². The zero-order valence-corrected chi connectivity index (χ0v) is 20.1. The van der Waals surface area contributed by atoms with E-state index in [0.29, 0.717) is 49.1 Å². The fourth-order valence-corrected chi connectivity index (χ4v) is 4.26. The summed E-state index contributed by atoms with van der Waals surface area (Å²) >= 11 is 0. The standard InChI is InChI=1S/C25H27FN8O2/c1-16-7-9-17(10-8-16)23-29-25(36-31-23)21-22(27)34(30-24(21)28-2)15-20(35)33-13-11-32(12-14-33)19-6-4-3-5-18(19)26/h3-10H,11-15,27H2,1-2H3,(H,28,30). The lowest BCUT2D eigenvalue weighted by molar-refractivity contribution is -0.132. The van der Waals surface area contributed by atoms with Gasteiger partial charge in [0.05, 0.1) is 5.69 Å². The number of hydrogen-bond acceptors (Lipinski definition) is 8. The number of rotatable bonds is 6. The molecular formula is C25H27FN8O2. The zero-order chi connectivity index (χ0) is 25.2. The van der Waals surface area contributed by atoms with Gasteiger partial charge in [0, 0.05) is 38.8 Å². The predicted octanol–water partition coefficient (Wildman–Crippen LogP) is 3.02. The summed E-state index contributed by atoms with van der Waals surface area (Å²) in [6.07, 6.45) is 0. The molecule has 36 heavy (non-hydrogen) atoms. The third kappa shape index (κ3) is 4.47. The molecule has 0 bridgehead atoms. The van der Waals surface area contributed by atoms with Gasteiger partial charge in [-0.25, -0.2) is 9.07 Å². The minimum absolute atomic E-state index is 0.0425. The third-order valence-corrected chi connectivity index (χ3v) is 6.29. The second-order valence-corrected chi connectivity index (χ2v) is 8.62. The van der Waals surface area contributed by atoms with Gasteiger partial charge in [-0.2, -0.15) is 10.1 Å². The number of halogens is 1. The van der Waals surface area contributed by atoms with Crippen molar-refractivity contribution >= 4 is 23.2 Å². The second-order valence-electron chi connectivity index (χ2n) is 8.62. The van der Waals surface area contributed by atoms with Crippen LogP contribution >= 0.6 is 0 Å². The molecule has 0 aliphatic carbocycles. The van der Waals surface area contributed by atoms with E-state index in [2.05, 4.69) is 20.6 Å². The number of benzene rings is 2. The number of carbonyl (C=O) groups excluding carboxylic acids is 1. The molecule has 0 atom stereocenters. The van der Waals surface area contributed by atoms with Gasteiger partial charge in [0.1, 0.15) is 23.7 Å². The number of nitrogens with two attached hydrogens (primary N) is 1. The highest BCUT2D eigenvalue weighted by molar-refractivity contribution is 5.82. The maximum Gasteiger partial charge on any atom is 0.265 e. The molecule has 5 rings (SSSR count). The largest absolute Gasteiger partial charge is 0.383 e. The average Bonchev–Trinajstić information content (AvgIpc) is 3.49. The van der Waals surface area contributed by atoms with Crippen molar-refractivity contribution in [3.63, 3.8) is 0 Å². The molecule has 0 saturated carbocycles. The molecular weight excluding hydrogens is 463 g/mol. The number of carbonyl (C=O) groups is 1. The normalized spacial score (nSPS) is 13.8. The first-order valence-corrected chi connectivity index (χ1v) is 11.7. The van der Waals surface area contributed by atoms with Crippen LogP contribution in [0.25, 0.3) is 22.8 Å². The highest BCUT2D eigenvalue weighted by Gasteiger charge is 2.27. The first kappa shape index (κ1) is 23.3. The van der Waals surface area contributed by atoms with Gasteiger partial charge in [-0.1, -0.05) is 47.1 Å². The maximum absolute atomic E-state index is 14.1. The number of anilines is 3. The second kappa shape index (κ2) is 9.68. The highest BCUT2D eigenvalue weighted by atomic mass is 19.1. The summed E-state index contributed by atoms with van der Waals surface area (Å²) in [6.45, 7) is 3.99. The van der Waals surface area contributed by atoms with E-state index in [4.69, 9.17) is 10.3 Å². The smallest absolute Gasteiger partial charge is 0.265 e.